The van der Waals surface area contributed by atoms with Crippen LogP contribution >= 0.6 is 0 Å². The van der Waals surface area contributed by atoms with E-state index in [0.29, 0.717) is 18.2 Å². The molecule has 1 aromatic rings. The summed E-state index contributed by atoms with van der Waals surface area (Å²) in [4.78, 5) is 14.2. The maximum Gasteiger partial charge on any atom is 0.223 e. The second-order valence-corrected chi connectivity index (χ2v) is 6.99. The number of hydrogen-bond acceptors (Lipinski definition) is 2. The summed E-state index contributed by atoms with van der Waals surface area (Å²) >= 11 is 0. The molecular formula is C18H28N2O. The summed E-state index contributed by atoms with van der Waals surface area (Å²) in [6.45, 7) is 8.94. The highest BCUT2D eigenvalue weighted by Crippen LogP contribution is 2.27. The van der Waals surface area contributed by atoms with Crippen LogP contribution in [0.3, 0.4) is 0 Å². The fourth-order valence-corrected chi connectivity index (χ4v) is 2.89. The monoisotopic (exact) mass is 288 g/mol. The van der Waals surface area contributed by atoms with Crippen LogP contribution in [0.25, 0.3) is 0 Å². The average molecular weight is 288 g/mol. The van der Waals surface area contributed by atoms with Gasteiger partial charge in [-0.1, -0.05) is 30.3 Å². The second kappa shape index (κ2) is 7.08. The Hall–Kier alpha value is -1.35. The van der Waals surface area contributed by atoms with Crippen LogP contribution in [0.1, 0.15) is 51.5 Å². The van der Waals surface area contributed by atoms with Gasteiger partial charge in [0.2, 0.25) is 5.91 Å². The van der Waals surface area contributed by atoms with E-state index in [1.807, 2.05) is 4.90 Å². The molecule has 0 spiro atoms. The summed E-state index contributed by atoms with van der Waals surface area (Å²) < 4.78 is 0. The summed E-state index contributed by atoms with van der Waals surface area (Å²) in [6, 6.07) is 10.7. The minimum absolute atomic E-state index is 0.0839. The molecule has 3 heteroatoms. The van der Waals surface area contributed by atoms with E-state index in [0.717, 1.165) is 32.5 Å². The number of likely N-dealkylation sites (tertiary alicyclic amines) is 1. The first kappa shape index (κ1) is 16.0. The lowest BCUT2D eigenvalue weighted by Crippen LogP contribution is -2.41. The predicted molar refractivity (Wildman–Crippen MR) is 87.4 cm³/mol. The van der Waals surface area contributed by atoms with Crippen molar-refractivity contribution in [3.63, 3.8) is 0 Å². The molecule has 0 radical (unpaired) electrons. The molecule has 1 aromatic carbocycles. The van der Waals surface area contributed by atoms with E-state index in [1.165, 1.54) is 5.56 Å². The topological polar surface area (TPSA) is 32.3 Å². The van der Waals surface area contributed by atoms with Crippen LogP contribution in [0.2, 0.25) is 0 Å². The molecule has 1 N–H and O–H groups in total. The van der Waals surface area contributed by atoms with Crippen molar-refractivity contribution in [2.75, 3.05) is 19.6 Å². The maximum atomic E-state index is 12.2. The van der Waals surface area contributed by atoms with E-state index in [1.54, 1.807) is 0 Å². The molecule has 0 aliphatic carbocycles. The highest BCUT2D eigenvalue weighted by atomic mass is 16.2. The SMILES string of the molecule is CC(C)(C)NCCC(=O)N1CCC(c2ccccc2)CC1. The van der Waals surface area contributed by atoms with E-state index in [-0.39, 0.29) is 5.54 Å². The lowest BCUT2D eigenvalue weighted by atomic mass is 9.89. The lowest BCUT2D eigenvalue weighted by Gasteiger charge is -2.32. The summed E-state index contributed by atoms with van der Waals surface area (Å²) in [7, 11) is 0. The van der Waals surface area contributed by atoms with Gasteiger partial charge < -0.3 is 10.2 Å². The fourth-order valence-electron chi connectivity index (χ4n) is 2.89. The molecule has 21 heavy (non-hydrogen) atoms. The highest BCUT2D eigenvalue weighted by molar-refractivity contribution is 5.76. The first-order valence-electron chi connectivity index (χ1n) is 8.03. The molecule has 1 fully saturated rings. The highest BCUT2D eigenvalue weighted by Gasteiger charge is 2.23. The van der Waals surface area contributed by atoms with Crippen molar-refractivity contribution in [3.8, 4) is 0 Å². The minimum Gasteiger partial charge on any atom is -0.343 e. The fraction of sp³-hybridized carbons (Fsp3) is 0.611. The summed E-state index contributed by atoms with van der Waals surface area (Å²) in [6.07, 6.45) is 2.78. The van der Waals surface area contributed by atoms with E-state index in [2.05, 4.69) is 56.4 Å². The molecule has 116 valence electrons. The van der Waals surface area contributed by atoms with Crippen molar-refractivity contribution >= 4 is 5.91 Å². The molecule has 0 bridgehead atoms. The van der Waals surface area contributed by atoms with E-state index >= 15 is 0 Å². The average Bonchev–Trinajstić information content (AvgIpc) is 2.47. The Morgan fingerprint density at radius 1 is 1.19 bits per heavy atom. The molecule has 0 saturated carbocycles. The molecule has 3 nitrogen and oxygen atoms in total. The minimum atomic E-state index is 0.0839. The Morgan fingerprint density at radius 2 is 1.81 bits per heavy atom. The largest absolute Gasteiger partial charge is 0.343 e. The molecular weight excluding hydrogens is 260 g/mol. The number of carbonyl (C=O) groups excluding carboxylic acids is 1. The molecule has 0 aromatic heterocycles. The van der Waals surface area contributed by atoms with Gasteiger partial charge in [-0.15, -0.1) is 0 Å². The number of hydrogen-bond donors (Lipinski definition) is 1. The van der Waals surface area contributed by atoms with Crippen LogP contribution in [-0.2, 0) is 4.79 Å². The van der Waals surface area contributed by atoms with Crippen LogP contribution < -0.4 is 5.32 Å². The van der Waals surface area contributed by atoms with Gasteiger partial charge in [-0.05, 0) is 45.1 Å². The maximum absolute atomic E-state index is 12.2. The molecule has 0 atom stereocenters. The van der Waals surface area contributed by atoms with Crippen LogP contribution in [-0.4, -0.2) is 36.0 Å². The number of piperidine rings is 1. The summed E-state index contributed by atoms with van der Waals surface area (Å²) in [5.74, 6) is 0.904. The number of carbonyl (C=O) groups is 1. The number of rotatable bonds is 4. The van der Waals surface area contributed by atoms with Gasteiger partial charge in [-0.3, -0.25) is 4.79 Å². The summed E-state index contributed by atoms with van der Waals surface area (Å²) in [5.41, 5.74) is 1.50. The Balaban J connectivity index is 1.75. The zero-order chi connectivity index (χ0) is 15.3. The van der Waals surface area contributed by atoms with Crippen molar-refractivity contribution in [2.45, 2.75) is 51.5 Å². The van der Waals surface area contributed by atoms with Crippen LogP contribution in [0, 0.1) is 0 Å². The van der Waals surface area contributed by atoms with Gasteiger partial charge in [-0.2, -0.15) is 0 Å². The van der Waals surface area contributed by atoms with Gasteiger partial charge in [0, 0.05) is 31.6 Å². The Labute approximate surface area is 128 Å². The number of amides is 1. The second-order valence-electron chi connectivity index (χ2n) is 6.99. The third-order valence-electron chi connectivity index (χ3n) is 4.11. The van der Waals surface area contributed by atoms with Crippen molar-refractivity contribution in [3.05, 3.63) is 35.9 Å². The van der Waals surface area contributed by atoms with Gasteiger partial charge in [0.1, 0.15) is 0 Å². The number of nitrogens with one attached hydrogen (secondary N) is 1. The Bertz CT molecular complexity index is 442. The van der Waals surface area contributed by atoms with Gasteiger partial charge in [0.05, 0.1) is 0 Å². The number of benzene rings is 1. The smallest absolute Gasteiger partial charge is 0.223 e. The first-order valence-corrected chi connectivity index (χ1v) is 8.03. The third-order valence-corrected chi connectivity index (χ3v) is 4.11. The Kier molecular flexibility index (Phi) is 5.40. The molecule has 1 aliphatic rings. The van der Waals surface area contributed by atoms with Crippen molar-refractivity contribution in [1.29, 1.82) is 0 Å². The van der Waals surface area contributed by atoms with Crippen LogP contribution in [0.5, 0.6) is 0 Å². The zero-order valence-electron chi connectivity index (χ0n) is 13.6. The molecule has 1 heterocycles. The predicted octanol–water partition coefficient (Wildman–Crippen LogP) is 3.17. The van der Waals surface area contributed by atoms with E-state index in [9.17, 15) is 4.79 Å². The standard InChI is InChI=1S/C18H28N2O/c1-18(2,3)19-12-9-17(21)20-13-10-16(11-14-20)15-7-5-4-6-8-15/h4-8,16,19H,9-14H2,1-3H3. The normalized spacial score (nSPS) is 17.0. The van der Waals surface area contributed by atoms with Crippen molar-refractivity contribution in [2.24, 2.45) is 0 Å². The third kappa shape index (κ3) is 5.16. The lowest BCUT2D eigenvalue weighted by molar-refractivity contribution is -0.132. The van der Waals surface area contributed by atoms with Gasteiger partial charge >= 0.3 is 0 Å². The molecule has 2 rings (SSSR count). The van der Waals surface area contributed by atoms with Crippen molar-refractivity contribution < 1.29 is 4.79 Å². The van der Waals surface area contributed by atoms with Gasteiger partial charge in [0.15, 0.2) is 0 Å². The van der Waals surface area contributed by atoms with E-state index in [4.69, 9.17) is 0 Å². The Morgan fingerprint density at radius 3 is 2.38 bits per heavy atom. The van der Waals surface area contributed by atoms with Crippen LogP contribution in [0.4, 0.5) is 0 Å². The summed E-state index contributed by atoms with van der Waals surface area (Å²) in [5, 5.41) is 3.38. The molecule has 1 amide bonds. The first-order chi connectivity index (χ1) is 9.96. The van der Waals surface area contributed by atoms with Crippen LogP contribution in [0.15, 0.2) is 30.3 Å². The van der Waals surface area contributed by atoms with Gasteiger partial charge in [-0.25, -0.2) is 0 Å². The molecule has 0 unspecified atom stereocenters. The molecule has 1 saturated heterocycles. The zero-order valence-corrected chi connectivity index (χ0v) is 13.6. The molecule has 1 aliphatic heterocycles. The van der Waals surface area contributed by atoms with Gasteiger partial charge in [0.25, 0.3) is 0 Å². The van der Waals surface area contributed by atoms with Crippen molar-refractivity contribution in [1.82, 2.24) is 10.2 Å². The quantitative estimate of drug-likeness (QED) is 0.923. The number of nitrogens with zero attached hydrogens (tertiary/aromatic N) is 1. The van der Waals surface area contributed by atoms with E-state index < -0.39 is 0 Å².